The molecule has 0 radical (unpaired) electrons. The molecule has 0 saturated heterocycles. The number of aromatic nitrogens is 2. The van der Waals surface area contributed by atoms with E-state index in [1.165, 1.54) is 11.1 Å². The molecule has 0 atom stereocenters. The molecule has 0 amide bonds. The van der Waals surface area contributed by atoms with Crippen LogP contribution >= 0.6 is 11.6 Å². The van der Waals surface area contributed by atoms with Gasteiger partial charge in [0.1, 0.15) is 0 Å². The summed E-state index contributed by atoms with van der Waals surface area (Å²) >= 11 is 5.64. The number of rotatable bonds is 3. The predicted molar refractivity (Wildman–Crippen MR) is 74.2 cm³/mol. The Morgan fingerprint density at radius 1 is 1.17 bits per heavy atom. The van der Waals surface area contributed by atoms with Crippen LogP contribution in [0.25, 0.3) is 0 Å². The number of nitrogens with zero attached hydrogens (tertiary/aromatic N) is 3. The number of halogens is 1. The Labute approximate surface area is 111 Å². The molecular formula is C13H13ClN4. The highest BCUT2D eigenvalue weighted by Gasteiger charge is 1.96. The van der Waals surface area contributed by atoms with Gasteiger partial charge in [-0.3, -0.25) is 5.43 Å². The van der Waals surface area contributed by atoms with E-state index < -0.39 is 0 Å². The zero-order valence-corrected chi connectivity index (χ0v) is 10.9. The lowest BCUT2D eigenvalue weighted by Gasteiger charge is -2.01. The topological polar surface area (TPSA) is 50.2 Å². The van der Waals surface area contributed by atoms with Gasteiger partial charge < -0.3 is 0 Å². The van der Waals surface area contributed by atoms with E-state index >= 15 is 0 Å². The Morgan fingerprint density at radius 2 is 2.00 bits per heavy atom. The first-order chi connectivity index (χ1) is 8.65. The second kappa shape index (κ2) is 5.60. The van der Waals surface area contributed by atoms with Gasteiger partial charge in [0.15, 0.2) is 11.0 Å². The summed E-state index contributed by atoms with van der Waals surface area (Å²) in [7, 11) is 0. The van der Waals surface area contributed by atoms with Crippen LogP contribution in [0.1, 0.15) is 16.7 Å². The van der Waals surface area contributed by atoms with Gasteiger partial charge in [0.25, 0.3) is 0 Å². The van der Waals surface area contributed by atoms with Crippen LogP contribution in [-0.2, 0) is 0 Å². The predicted octanol–water partition coefficient (Wildman–Crippen LogP) is 3.19. The van der Waals surface area contributed by atoms with Gasteiger partial charge in [-0.15, -0.1) is 10.2 Å². The molecule has 0 unspecified atom stereocenters. The summed E-state index contributed by atoms with van der Waals surface area (Å²) < 4.78 is 0. The largest absolute Gasteiger partial charge is 0.260 e. The van der Waals surface area contributed by atoms with Gasteiger partial charge in [0.2, 0.25) is 0 Å². The fourth-order valence-electron chi connectivity index (χ4n) is 1.44. The van der Waals surface area contributed by atoms with Gasteiger partial charge in [-0.1, -0.05) is 35.4 Å². The van der Waals surface area contributed by atoms with Crippen molar-refractivity contribution in [2.24, 2.45) is 5.10 Å². The van der Waals surface area contributed by atoms with Crippen LogP contribution in [0, 0.1) is 13.8 Å². The van der Waals surface area contributed by atoms with E-state index in [0.717, 1.165) is 5.56 Å². The molecule has 2 rings (SSSR count). The third-order valence-corrected chi connectivity index (χ3v) is 2.65. The van der Waals surface area contributed by atoms with Crippen LogP contribution in [0.2, 0.25) is 5.15 Å². The van der Waals surface area contributed by atoms with E-state index in [9.17, 15) is 0 Å². The normalized spacial score (nSPS) is 10.8. The molecule has 4 nitrogen and oxygen atoms in total. The fourth-order valence-corrected chi connectivity index (χ4v) is 1.54. The van der Waals surface area contributed by atoms with E-state index in [4.69, 9.17) is 11.6 Å². The summed E-state index contributed by atoms with van der Waals surface area (Å²) in [6, 6.07) is 9.59. The van der Waals surface area contributed by atoms with Crippen molar-refractivity contribution >= 4 is 23.6 Å². The molecule has 0 spiro atoms. The SMILES string of the molecule is Cc1ccc(C)c(/C=N/Nc2ccc(Cl)nn2)c1. The van der Waals surface area contributed by atoms with Gasteiger partial charge in [-0.25, -0.2) is 0 Å². The standard InChI is InChI=1S/C13H13ClN4/c1-9-3-4-10(2)11(7-9)8-15-17-13-6-5-12(14)16-18-13/h3-8H,1-2H3,(H,17,18)/b15-8+. The molecule has 0 aliphatic carbocycles. The maximum atomic E-state index is 5.64. The average Bonchev–Trinajstić information content (AvgIpc) is 2.36. The molecule has 92 valence electrons. The van der Waals surface area contributed by atoms with Crippen molar-refractivity contribution in [3.8, 4) is 0 Å². The summed E-state index contributed by atoms with van der Waals surface area (Å²) in [6.45, 7) is 4.10. The van der Waals surface area contributed by atoms with Gasteiger partial charge >= 0.3 is 0 Å². The first kappa shape index (κ1) is 12.5. The molecule has 1 heterocycles. The fraction of sp³-hybridized carbons (Fsp3) is 0.154. The van der Waals surface area contributed by atoms with E-state index in [2.05, 4.69) is 45.8 Å². The second-order valence-electron chi connectivity index (χ2n) is 3.97. The number of hydrogen-bond donors (Lipinski definition) is 1. The Balaban J connectivity index is 2.07. The van der Waals surface area contributed by atoms with E-state index in [1.807, 2.05) is 6.92 Å². The van der Waals surface area contributed by atoms with Crippen molar-refractivity contribution in [3.05, 3.63) is 52.2 Å². The van der Waals surface area contributed by atoms with Crippen LogP contribution in [-0.4, -0.2) is 16.4 Å². The third kappa shape index (κ3) is 3.28. The molecule has 1 aromatic heterocycles. The van der Waals surface area contributed by atoms with Crippen LogP contribution in [0.5, 0.6) is 0 Å². The number of hydrogen-bond acceptors (Lipinski definition) is 4. The van der Waals surface area contributed by atoms with E-state index in [1.54, 1.807) is 18.3 Å². The maximum absolute atomic E-state index is 5.64. The monoisotopic (exact) mass is 260 g/mol. The lowest BCUT2D eigenvalue weighted by molar-refractivity contribution is 1.02. The zero-order chi connectivity index (χ0) is 13.0. The molecular weight excluding hydrogens is 248 g/mol. The first-order valence-corrected chi connectivity index (χ1v) is 5.88. The van der Waals surface area contributed by atoms with Crippen molar-refractivity contribution in [1.82, 2.24) is 10.2 Å². The number of anilines is 1. The first-order valence-electron chi connectivity index (χ1n) is 5.51. The third-order valence-electron chi connectivity index (χ3n) is 2.45. The summed E-state index contributed by atoms with van der Waals surface area (Å²) in [5, 5.41) is 12.0. The molecule has 0 bridgehead atoms. The van der Waals surface area contributed by atoms with E-state index in [-0.39, 0.29) is 0 Å². The van der Waals surface area contributed by atoms with Crippen LogP contribution in [0.4, 0.5) is 5.82 Å². The van der Waals surface area contributed by atoms with E-state index in [0.29, 0.717) is 11.0 Å². The Bertz CT molecular complexity index is 564. The lowest BCUT2D eigenvalue weighted by atomic mass is 10.1. The highest BCUT2D eigenvalue weighted by atomic mass is 35.5. The number of nitrogens with one attached hydrogen (secondary N) is 1. The highest BCUT2D eigenvalue weighted by molar-refractivity contribution is 6.29. The molecule has 18 heavy (non-hydrogen) atoms. The van der Waals surface area contributed by atoms with Gasteiger partial charge in [-0.2, -0.15) is 5.10 Å². The number of hydrazone groups is 1. The van der Waals surface area contributed by atoms with Crippen molar-refractivity contribution < 1.29 is 0 Å². The maximum Gasteiger partial charge on any atom is 0.168 e. The smallest absolute Gasteiger partial charge is 0.168 e. The number of aryl methyl sites for hydroxylation is 2. The molecule has 0 saturated carbocycles. The zero-order valence-electron chi connectivity index (χ0n) is 10.2. The molecule has 2 aromatic rings. The summed E-state index contributed by atoms with van der Waals surface area (Å²) in [6.07, 6.45) is 1.76. The summed E-state index contributed by atoms with van der Waals surface area (Å²) in [5.74, 6) is 0.556. The van der Waals surface area contributed by atoms with Gasteiger partial charge in [0.05, 0.1) is 6.21 Å². The van der Waals surface area contributed by atoms with Crippen molar-refractivity contribution in [2.45, 2.75) is 13.8 Å². The van der Waals surface area contributed by atoms with Crippen LogP contribution in [0.3, 0.4) is 0 Å². The summed E-state index contributed by atoms with van der Waals surface area (Å²) in [5.41, 5.74) is 6.25. The Kier molecular flexibility index (Phi) is 3.89. The molecule has 5 heteroatoms. The number of benzene rings is 1. The van der Waals surface area contributed by atoms with Crippen LogP contribution in [0.15, 0.2) is 35.4 Å². The molecule has 1 aromatic carbocycles. The molecule has 1 N–H and O–H groups in total. The minimum Gasteiger partial charge on any atom is -0.260 e. The van der Waals surface area contributed by atoms with Gasteiger partial charge in [0, 0.05) is 0 Å². The van der Waals surface area contributed by atoms with Crippen LogP contribution < -0.4 is 5.43 Å². The Morgan fingerprint density at radius 3 is 2.72 bits per heavy atom. The van der Waals surface area contributed by atoms with Crippen molar-refractivity contribution in [1.29, 1.82) is 0 Å². The molecule has 0 fully saturated rings. The summed E-state index contributed by atoms with van der Waals surface area (Å²) in [4.78, 5) is 0. The van der Waals surface area contributed by atoms with Crippen molar-refractivity contribution in [3.63, 3.8) is 0 Å². The molecule has 0 aliphatic heterocycles. The average molecular weight is 261 g/mol. The molecule has 0 aliphatic rings. The Hall–Kier alpha value is -1.94. The second-order valence-corrected chi connectivity index (χ2v) is 4.36. The minimum absolute atomic E-state index is 0.360. The highest BCUT2D eigenvalue weighted by Crippen LogP contribution is 2.09. The van der Waals surface area contributed by atoms with Gasteiger partial charge in [-0.05, 0) is 37.1 Å². The quantitative estimate of drug-likeness (QED) is 0.681. The van der Waals surface area contributed by atoms with Crippen molar-refractivity contribution in [2.75, 3.05) is 5.43 Å². The minimum atomic E-state index is 0.360. The lowest BCUT2D eigenvalue weighted by Crippen LogP contribution is -1.96.